The topological polar surface area (TPSA) is 75.7 Å². The van der Waals surface area contributed by atoms with E-state index in [9.17, 15) is 13.2 Å². The molecule has 1 aromatic carbocycles. The maximum Gasteiger partial charge on any atom is 0.232 e. The molecule has 1 N–H and O–H groups in total. The Balaban J connectivity index is 2.09. The van der Waals surface area contributed by atoms with Crippen molar-refractivity contribution in [1.82, 2.24) is 5.32 Å². The van der Waals surface area contributed by atoms with E-state index in [4.69, 9.17) is 16.3 Å². The van der Waals surface area contributed by atoms with Crippen molar-refractivity contribution in [2.24, 2.45) is 0 Å². The third-order valence-corrected chi connectivity index (χ3v) is 5.74. The lowest BCUT2D eigenvalue weighted by Crippen LogP contribution is -2.39. The number of carbonyl (C=O) groups excluding carboxylic acids is 1. The summed E-state index contributed by atoms with van der Waals surface area (Å²) in [6.45, 7) is 0.0358. The van der Waals surface area contributed by atoms with Crippen molar-refractivity contribution in [1.29, 1.82) is 0 Å². The van der Waals surface area contributed by atoms with Crippen LogP contribution in [0.2, 0.25) is 5.02 Å². The van der Waals surface area contributed by atoms with Gasteiger partial charge in [-0.2, -0.15) is 0 Å². The molecular formula is C17H25ClN2O4S. The Kier molecular flexibility index (Phi) is 6.95. The molecule has 25 heavy (non-hydrogen) atoms. The first kappa shape index (κ1) is 19.8. The third-order valence-electron chi connectivity index (χ3n) is 4.32. The van der Waals surface area contributed by atoms with E-state index in [1.807, 2.05) is 0 Å². The predicted molar refractivity (Wildman–Crippen MR) is 99.8 cm³/mol. The van der Waals surface area contributed by atoms with Crippen molar-refractivity contribution in [3.63, 3.8) is 0 Å². The molecule has 2 rings (SSSR count). The molecule has 1 amide bonds. The van der Waals surface area contributed by atoms with E-state index in [1.165, 1.54) is 19.6 Å². The number of halogens is 1. The van der Waals surface area contributed by atoms with E-state index in [0.717, 1.165) is 36.2 Å². The standard InChI is InChI=1S/C17H25ClN2O4S/c1-24-16-9-8-13(18)12-15(16)20(25(2,22)23)11-10-17(21)19-14-6-4-3-5-7-14/h8-9,12,14H,3-7,10-11H2,1-2H3,(H,19,21). The average molecular weight is 389 g/mol. The molecule has 0 aliphatic heterocycles. The van der Waals surface area contributed by atoms with E-state index in [-0.39, 0.29) is 24.9 Å². The van der Waals surface area contributed by atoms with Crippen molar-refractivity contribution in [3.8, 4) is 5.75 Å². The second-order valence-electron chi connectivity index (χ2n) is 6.30. The number of benzene rings is 1. The van der Waals surface area contributed by atoms with Gasteiger partial charge in [0.05, 0.1) is 19.1 Å². The van der Waals surface area contributed by atoms with Gasteiger partial charge in [-0.3, -0.25) is 9.10 Å². The molecule has 1 fully saturated rings. The fraction of sp³-hybridized carbons (Fsp3) is 0.588. The van der Waals surface area contributed by atoms with E-state index in [1.54, 1.807) is 12.1 Å². The number of nitrogens with zero attached hydrogens (tertiary/aromatic N) is 1. The van der Waals surface area contributed by atoms with Gasteiger partial charge in [0.1, 0.15) is 5.75 Å². The lowest BCUT2D eigenvalue weighted by atomic mass is 9.95. The van der Waals surface area contributed by atoms with Gasteiger partial charge in [0.2, 0.25) is 15.9 Å². The second-order valence-corrected chi connectivity index (χ2v) is 8.65. The number of rotatable bonds is 7. The first-order valence-electron chi connectivity index (χ1n) is 8.42. The summed E-state index contributed by atoms with van der Waals surface area (Å²) in [7, 11) is -2.12. The van der Waals surface area contributed by atoms with Gasteiger partial charge in [-0.25, -0.2) is 8.42 Å². The van der Waals surface area contributed by atoms with Crippen LogP contribution in [0.25, 0.3) is 0 Å². The van der Waals surface area contributed by atoms with Gasteiger partial charge in [-0.15, -0.1) is 0 Å². The zero-order chi connectivity index (χ0) is 18.4. The van der Waals surface area contributed by atoms with Gasteiger partial charge >= 0.3 is 0 Å². The average Bonchev–Trinajstić information content (AvgIpc) is 2.55. The van der Waals surface area contributed by atoms with E-state index in [0.29, 0.717) is 16.5 Å². The van der Waals surface area contributed by atoms with Crippen LogP contribution in [0.5, 0.6) is 5.75 Å². The molecule has 6 nitrogen and oxygen atoms in total. The molecule has 0 bridgehead atoms. The summed E-state index contributed by atoms with van der Waals surface area (Å²) < 4.78 is 30.8. The minimum atomic E-state index is -3.58. The summed E-state index contributed by atoms with van der Waals surface area (Å²) in [6.07, 6.45) is 6.63. The SMILES string of the molecule is COc1ccc(Cl)cc1N(CCC(=O)NC1CCCCC1)S(C)(=O)=O. The molecule has 0 spiro atoms. The number of anilines is 1. The minimum Gasteiger partial charge on any atom is -0.495 e. The predicted octanol–water partition coefficient (Wildman–Crippen LogP) is 2.95. The summed E-state index contributed by atoms with van der Waals surface area (Å²) in [5, 5.41) is 3.40. The molecule has 0 saturated heterocycles. The highest BCUT2D eigenvalue weighted by atomic mass is 35.5. The Labute approximate surface area is 154 Å². The maximum absolute atomic E-state index is 12.2. The molecule has 1 aliphatic carbocycles. The number of ether oxygens (including phenoxy) is 1. The molecule has 0 radical (unpaired) electrons. The number of hydrogen-bond donors (Lipinski definition) is 1. The third kappa shape index (κ3) is 5.78. The number of carbonyl (C=O) groups is 1. The van der Waals surface area contributed by atoms with Gasteiger partial charge in [0, 0.05) is 24.0 Å². The maximum atomic E-state index is 12.2. The normalized spacial score (nSPS) is 15.6. The summed E-state index contributed by atoms with van der Waals surface area (Å²) >= 11 is 6.00. The van der Waals surface area contributed by atoms with Crippen LogP contribution in [-0.4, -0.2) is 40.3 Å². The van der Waals surface area contributed by atoms with Crippen LogP contribution >= 0.6 is 11.6 Å². The quantitative estimate of drug-likeness (QED) is 0.779. The van der Waals surface area contributed by atoms with E-state index in [2.05, 4.69) is 5.32 Å². The fourth-order valence-corrected chi connectivity index (χ4v) is 4.16. The summed E-state index contributed by atoms with van der Waals surface area (Å²) in [5.41, 5.74) is 0.336. The molecule has 1 saturated carbocycles. The van der Waals surface area contributed by atoms with Gasteiger partial charge in [0.15, 0.2) is 0 Å². The van der Waals surface area contributed by atoms with Crippen LogP contribution in [0.1, 0.15) is 38.5 Å². The molecule has 0 heterocycles. The zero-order valence-corrected chi connectivity index (χ0v) is 16.2. The highest BCUT2D eigenvalue weighted by molar-refractivity contribution is 7.92. The van der Waals surface area contributed by atoms with E-state index >= 15 is 0 Å². The van der Waals surface area contributed by atoms with Crippen molar-refractivity contribution >= 4 is 33.2 Å². The van der Waals surface area contributed by atoms with Crippen molar-refractivity contribution in [2.75, 3.05) is 24.2 Å². The lowest BCUT2D eigenvalue weighted by molar-refractivity contribution is -0.121. The molecule has 140 valence electrons. The zero-order valence-electron chi connectivity index (χ0n) is 14.6. The van der Waals surface area contributed by atoms with Crippen molar-refractivity contribution < 1.29 is 17.9 Å². The molecule has 0 unspecified atom stereocenters. The van der Waals surface area contributed by atoms with Crippen LogP contribution in [-0.2, 0) is 14.8 Å². The Morgan fingerprint density at radius 2 is 2.00 bits per heavy atom. The molecule has 0 atom stereocenters. The van der Waals surface area contributed by atoms with Crippen molar-refractivity contribution in [2.45, 2.75) is 44.6 Å². The smallest absolute Gasteiger partial charge is 0.232 e. The number of sulfonamides is 1. The fourth-order valence-electron chi connectivity index (χ4n) is 3.07. The van der Waals surface area contributed by atoms with Gasteiger partial charge < -0.3 is 10.1 Å². The number of methoxy groups -OCH3 is 1. The van der Waals surface area contributed by atoms with Crippen LogP contribution in [0, 0.1) is 0 Å². The van der Waals surface area contributed by atoms with Gasteiger partial charge in [-0.1, -0.05) is 30.9 Å². The van der Waals surface area contributed by atoms with Crippen LogP contribution in [0.4, 0.5) is 5.69 Å². The molecule has 8 heteroatoms. The molecule has 1 aliphatic rings. The highest BCUT2D eigenvalue weighted by Gasteiger charge is 2.23. The van der Waals surface area contributed by atoms with E-state index < -0.39 is 10.0 Å². The van der Waals surface area contributed by atoms with Crippen LogP contribution < -0.4 is 14.4 Å². The van der Waals surface area contributed by atoms with Crippen LogP contribution in [0.15, 0.2) is 18.2 Å². The molecule has 0 aromatic heterocycles. The number of nitrogens with one attached hydrogen (secondary N) is 1. The van der Waals surface area contributed by atoms with Gasteiger partial charge in [-0.05, 0) is 31.0 Å². The Hall–Kier alpha value is -1.47. The minimum absolute atomic E-state index is 0.0358. The Morgan fingerprint density at radius 1 is 1.32 bits per heavy atom. The summed E-state index contributed by atoms with van der Waals surface area (Å²) in [4.78, 5) is 12.2. The highest BCUT2D eigenvalue weighted by Crippen LogP contribution is 2.32. The second kappa shape index (κ2) is 8.76. The Bertz CT molecular complexity index is 703. The van der Waals surface area contributed by atoms with Crippen molar-refractivity contribution in [3.05, 3.63) is 23.2 Å². The van der Waals surface area contributed by atoms with Crippen LogP contribution in [0.3, 0.4) is 0 Å². The monoisotopic (exact) mass is 388 g/mol. The Morgan fingerprint density at radius 3 is 2.60 bits per heavy atom. The molecule has 1 aromatic rings. The lowest BCUT2D eigenvalue weighted by Gasteiger charge is -2.26. The van der Waals surface area contributed by atoms with Gasteiger partial charge in [0.25, 0.3) is 0 Å². The largest absolute Gasteiger partial charge is 0.495 e. The first-order valence-corrected chi connectivity index (χ1v) is 10.6. The number of amides is 1. The molecular weight excluding hydrogens is 364 g/mol. The summed E-state index contributed by atoms with van der Waals surface area (Å²) in [6, 6.07) is 4.96. The number of hydrogen-bond acceptors (Lipinski definition) is 4. The first-order chi connectivity index (χ1) is 11.8. The summed E-state index contributed by atoms with van der Waals surface area (Å²) in [5.74, 6) is 0.254.